The predicted octanol–water partition coefficient (Wildman–Crippen LogP) is 3.91. The van der Waals surface area contributed by atoms with Crippen LogP contribution in [-0.4, -0.2) is 9.78 Å². The van der Waals surface area contributed by atoms with Crippen LogP contribution in [0, 0.1) is 29.9 Å². The lowest BCUT2D eigenvalue weighted by atomic mass is 10.2. The van der Waals surface area contributed by atoms with Crippen LogP contribution in [0.3, 0.4) is 0 Å². The van der Waals surface area contributed by atoms with Gasteiger partial charge in [-0.05, 0) is 37.3 Å². The van der Waals surface area contributed by atoms with E-state index in [-0.39, 0.29) is 17.9 Å². The third-order valence-corrected chi connectivity index (χ3v) is 3.45. The third-order valence-electron chi connectivity index (χ3n) is 3.45. The first-order valence-corrected chi connectivity index (χ1v) is 7.22. The maximum absolute atomic E-state index is 13.9. The first kappa shape index (κ1) is 15.7. The van der Waals surface area contributed by atoms with Crippen molar-refractivity contribution in [1.29, 1.82) is 5.26 Å². The van der Waals surface area contributed by atoms with Crippen molar-refractivity contribution in [1.82, 2.24) is 9.78 Å². The van der Waals surface area contributed by atoms with Crippen molar-refractivity contribution in [2.75, 3.05) is 0 Å². The average Bonchev–Trinajstić information content (AvgIpc) is 2.98. The fraction of sp³-hybridized carbons (Fsp3) is 0.111. The summed E-state index contributed by atoms with van der Waals surface area (Å²) < 4.78 is 34.6. The molecule has 0 aliphatic heterocycles. The van der Waals surface area contributed by atoms with E-state index in [9.17, 15) is 8.78 Å². The van der Waals surface area contributed by atoms with E-state index in [2.05, 4.69) is 5.10 Å². The first-order chi connectivity index (χ1) is 11.6. The molecule has 24 heavy (non-hydrogen) atoms. The number of rotatable bonds is 4. The minimum atomic E-state index is -1.21. The summed E-state index contributed by atoms with van der Waals surface area (Å²) in [6.45, 7) is 1.85. The Morgan fingerprint density at radius 2 is 1.88 bits per heavy atom. The summed E-state index contributed by atoms with van der Waals surface area (Å²) in [5.41, 5.74) is 1.97. The lowest BCUT2D eigenvalue weighted by molar-refractivity contribution is 0.277. The van der Waals surface area contributed by atoms with E-state index in [1.165, 1.54) is 12.1 Å². The Hall–Kier alpha value is -3.20. The number of nitrogens with zero attached hydrogens (tertiary/aromatic N) is 3. The molecule has 3 aromatic rings. The fourth-order valence-corrected chi connectivity index (χ4v) is 2.33. The van der Waals surface area contributed by atoms with Gasteiger partial charge in [0, 0.05) is 0 Å². The molecular weight excluding hydrogens is 312 g/mol. The van der Waals surface area contributed by atoms with Crippen molar-refractivity contribution in [3.05, 3.63) is 77.1 Å². The van der Waals surface area contributed by atoms with Gasteiger partial charge >= 0.3 is 0 Å². The SMILES string of the molecule is Cc1cc(COc2ccc(C#N)c(F)c2F)n(-c2ccccc2)n1. The van der Waals surface area contributed by atoms with Gasteiger partial charge in [-0.3, -0.25) is 0 Å². The maximum atomic E-state index is 13.9. The quantitative estimate of drug-likeness (QED) is 0.731. The molecule has 1 heterocycles. The second-order valence-corrected chi connectivity index (χ2v) is 5.16. The van der Waals surface area contributed by atoms with Crippen LogP contribution in [0.2, 0.25) is 0 Å². The number of nitriles is 1. The number of hydrogen-bond acceptors (Lipinski definition) is 3. The molecule has 3 rings (SSSR count). The minimum Gasteiger partial charge on any atom is -0.484 e. The van der Waals surface area contributed by atoms with Gasteiger partial charge in [0.15, 0.2) is 11.6 Å². The molecule has 0 spiro atoms. The van der Waals surface area contributed by atoms with Crippen LogP contribution in [0.4, 0.5) is 8.78 Å². The maximum Gasteiger partial charge on any atom is 0.202 e. The van der Waals surface area contributed by atoms with Gasteiger partial charge < -0.3 is 4.74 Å². The largest absolute Gasteiger partial charge is 0.484 e. The van der Waals surface area contributed by atoms with Crippen molar-refractivity contribution in [3.8, 4) is 17.5 Å². The fourth-order valence-electron chi connectivity index (χ4n) is 2.33. The molecule has 6 heteroatoms. The Morgan fingerprint density at radius 3 is 2.58 bits per heavy atom. The lowest BCUT2D eigenvalue weighted by Gasteiger charge is -2.10. The number of hydrogen-bond donors (Lipinski definition) is 0. The number of aromatic nitrogens is 2. The van der Waals surface area contributed by atoms with Crippen LogP contribution in [-0.2, 0) is 6.61 Å². The molecule has 0 fully saturated rings. The summed E-state index contributed by atoms with van der Waals surface area (Å²) in [5, 5.41) is 13.1. The van der Waals surface area contributed by atoms with Gasteiger partial charge in [0.1, 0.15) is 12.7 Å². The first-order valence-electron chi connectivity index (χ1n) is 7.22. The van der Waals surface area contributed by atoms with E-state index in [0.717, 1.165) is 11.4 Å². The summed E-state index contributed by atoms with van der Waals surface area (Å²) in [5.74, 6) is -2.62. The molecule has 2 aromatic carbocycles. The van der Waals surface area contributed by atoms with Crippen LogP contribution < -0.4 is 4.74 Å². The second kappa shape index (κ2) is 6.50. The molecule has 0 radical (unpaired) electrons. The van der Waals surface area contributed by atoms with Crippen molar-refractivity contribution >= 4 is 0 Å². The lowest BCUT2D eigenvalue weighted by Crippen LogP contribution is -2.07. The Balaban J connectivity index is 1.86. The molecular formula is C18H13F2N3O. The van der Waals surface area contributed by atoms with Crippen LogP contribution >= 0.6 is 0 Å². The number of halogens is 2. The molecule has 0 amide bonds. The van der Waals surface area contributed by atoms with Gasteiger partial charge in [0.25, 0.3) is 0 Å². The molecule has 0 aliphatic rings. The van der Waals surface area contributed by atoms with Crippen molar-refractivity contribution in [2.24, 2.45) is 0 Å². The van der Waals surface area contributed by atoms with Crippen LogP contribution in [0.15, 0.2) is 48.5 Å². The number of benzene rings is 2. The highest BCUT2D eigenvalue weighted by Gasteiger charge is 2.15. The van der Waals surface area contributed by atoms with E-state index >= 15 is 0 Å². The van der Waals surface area contributed by atoms with E-state index in [1.807, 2.05) is 43.3 Å². The van der Waals surface area contributed by atoms with Gasteiger partial charge in [-0.15, -0.1) is 0 Å². The zero-order chi connectivity index (χ0) is 17.1. The summed E-state index contributed by atoms with van der Waals surface area (Å²) in [7, 11) is 0. The third kappa shape index (κ3) is 2.97. The number of ether oxygens (including phenoxy) is 1. The van der Waals surface area contributed by atoms with E-state index < -0.39 is 11.6 Å². The van der Waals surface area contributed by atoms with Gasteiger partial charge in [0.2, 0.25) is 5.82 Å². The zero-order valence-electron chi connectivity index (χ0n) is 12.8. The van der Waals surface area contributed by atoms with Crippen molar-refractivity contribution in [3.63, 3.8) is 0 Å². The molecule has 0 saturated carbocycles. The summed E-state index contributed by atoms with van der Waals surface area (Å²) in [4.78, 5) is 0. The minimum absolute atomic E-state index is 0.0119. The Labute approximate surface area is 137 Å². The number of aryl methyl sites for hydroxylation is 1. The summed E-state index contributed by atoms with van der Waals surface area (Å²) in [6.07, 6.45) is 0. The normalized spacial score (nSPS) is 10.4. The van der Waals surface area contributed by atoms with Crippen molar-refractivity contribution in [2.45, 2.75) is 13.5 Å². The van der Waals surface area contributed by atoms with E-state index in [1.54, 1.807) is 10.8 Å². The highest BCUT2D eigenvalue weighted by Crippen LogP contribution is 2.24. The average molecular weight is 325 g/mol. The Morgan fingerprint density at radius 1 is 1.12 bits per heavy atom. The van der Waals surface area contributed by atoms with Gasteiger partial charge in [-0.2, -0.15) is 14.8 Å². The van der Waals surface area contributed by atoms with Gasteiger partial charge in [0.05, 0.1) is 22.6 Å². The number of para-hydroxylation sites is 1. The van der Waals surface area contributed by atoms with Gasteiger partial charge in [-0.1, -0.05) is 18.2 Å². The van der Waals surface area contributed by atoms with Crippen LogP contribution in [0.5, 0.6) is 5.75 Å². The van der Waals surface area contributed by atoms with Crippen molar-refractivity contribution < 1.29 is 13.5 Å². The second-order valence-electron chi connectivity index (χ2n) is 5.16. The molecule has 0 aliphatic carbocycles. The van der Waals surface area contributed by atoms with Crippen LogP contribution in [0.1, 0.15) is 17.0 Å². The highest BCUT2D eigenvalue weighted by molar-refractivity contribution is 5.38. The standard InChI is InChI=1S/C18H13F2N3O/c1-12-9-15(23(22-12)14-5-3-2-4-6-14)11-24-16-8-7-13(10-21)17(19)18(16)20/h2-9H,11H2,1H3. The van der Waals surface area contributed by atoms with E-state index in [0.29, 0.717) is 5.69 Å². The van der Waals surface area contributed by atoms with E-state index in [4.69, 9.17) is 10.00 Å². The topological polar surface area (TPSA) is 50.8 Å². The molecule has 0 unspecified atom stereocenters. The molecule has 120 valence electrons. The highest BCUT2D eigenvalue weighted by atomic mass is 19.2. The predicted molar refractivity (Wildman–Crippen MR) is 83.7 cm³/mol. The molecule has 0 N–H and O–H groups in total. The molecule has 0 bridgehead atoms. The molecule has 0 saturated heterocycles. The zero-order valence-corrected chi connectivity index (χ0v) is 12.8. The Kier molecular flexibility index (Phi) is 4.25. The Bertz CT molecular complexity index is 914. The monoisotopic (exact) mass is 325 g/mol. The smallest absolute Gasteiger partial charge is 0.202 e. The van der Waals surface area contributed by atoms with Crippen LogP contribution in [0.25, 0.3) is 5.69 Å². The molecule has 4 nitrogen and oxygen atoms in total. The summed E-state index contributed by atoms with van der Waals surface area (Å²) in [6, 6.07) is 15.3. The molecule has 0 atom stereocenters. The van der Waals surface area contributed by atoms with Gasteiger partial charge in [-0.25, -0.2) is 9.07 Å². The molecule has 1 aromatic heterocycles. The summed E-state index contributed by atoms with van der Waals surface area (Å²) >= 11 is 0.